The molecular weight excluding hydrogens is 442 g/mol. The normalized spacial score (nSPS) is 14.4. The second-order valence-corrected chi connectivity index (χ2v) is 9.64. The summed E-state index contributed by atoms with van der Waals surface area (Å²) in [5.74, 6) is 4.85. The average Bonchev–Trinajstić information content (AvgIpc) is 2.82. The standard InChI is InChI=1S/C24H23N3O5S/c28-23-22(25-17-26-24(23)29)16-33(30,31)21-9-7-19(8-10-21)2-1-18-3-5-20(6-4-18)15-27-11-13-32-14-12-27/h3-10,17,28H,11-16H2,(H,25,26,29). The summed E-state index contributed by atoms with van der Waals surface area (Å²) in [6.45, 7) is 4.31. The summed E-state index contributed by atoms with van der Waals surface area (Å²) in [4.78, 5) is 19.8. The first kappa shape index (κ1) is 22.7. The third kappa shape index (κ3) is 5.87. The van der Waals surface area contributed by atoms with Crippen LogP contribution in [0.5, 0.6) is 5.75 Å². The van der Waals surface area contributed by atoms with E-state index in [0.29, 0.717) is 5.56 Å². The Morgan fingerprint density at radius 3 is 2.24 bits per heavy atom. The van der Waals surface area contributed by atoms with Gasteiger partial charge in [-0.15, -0.1) is 0 Å². The molecule has 33 heavy (non-hydrogen) atoms. The molecule has 0 spiro atoms. The summed E-state index contributed by atoms with van der Waals surface area (Å²) in [6.07, 6.45) is 1.06. The first-order chi connectivity index (χ1) is 15.9. The second kappa shape index (κ2) is 10.0. The van der Waals surface area contributed by atoms with Gasteiger partial charge in [0.1, 0.15) is 11.4 Å². The van der Waals surface area contributed by atoms with Crippen LogP contribution in [-0.2, 0) is 26.9 Å². The van der Waals surface area contributed by atoms with E-state index in [1.165, 1.54) is 17.7 Å². The van der Waals surface area contributed by atoms with Gasteiger partial charge in [0.05, 0.1) is 24.4 Å². The number of sulfone groups is 1. The van der Waals surface area contributed by atoms with Gasteiger partial charge in [-0.25, -0.2) is 13.4 Å². The summed E-state index contributed by atoms with van der Waals surface area (Å²) in [7, 11) is -3.79. The van der Waals surface area contributed by atoms with Crippen LogP contribution in [0.2, 0.25) is 0 Å². The Labute approximate surface area is 191 Å². The fraction of sp³-hybridized carbons (Fsp3) is 0.250. The third-order valence-corrected chi connectivity index (χ3v) is 6.90. The molecular formula is C24H23N3O5S. The molecule has 0 bridgehead atoms. The zero-order valence-electron chi connectivity index (χ0n) is 17.8. The van der Waals surface area contributed by atoms with Crippen molar-refractivity contribution in [1.29, 1.82) is 0 Å². The van der Waals surface area contributed by atoms with Crippen LogP contribution in [0.25, 0.3) is 0 Å². The fourth-order valence-corrected chi connectivity index (χ4v) is 4.69. The summed E-state index contributed by atoms with van der Waals surface area (Å²) in [5, 5.41) is 9.73. The van der Waals surface area contributed by atoms with Gasteiger partial charge in [-0.3, -0.25) is 9.69 Å². The summed E-state index contributed by atoms with van der Waals surface area (Å²) >= 11 is 0. The number of nitrogens with zero attached hydrogens (tertiary/aromatic N) is 2. The number of aromatic hydroxyl groups is 1. The Balaban J connectivity index is 1.41. The van der Waals surface area contributed by atoms with Gasteiger partial charge in [-0.2, -0.15) is 0 Å². The quantitative estimate of drug-likeness (QED) is 0.552. The molecule has 1 aromatic heterocycles. The first-order valence-corrected chi connectivity index (χ1v) is 12.1. The van der Waals surface area contributed by atoms with Crippen molar-refractivity contribution < 1.29 is 18.3 Å². The number of H-pyrrole nitrogens is 1. The van der Waals surface area contributed by atoms with E-state index < -0.39 is 26.9 Å². The number of ether oxygens (including phenoxy) is 1. The van der Waals surface area contributed by atoms with E-state index in [4.69, 9.17) is 4.74 Å². The van der Waals surface area contributed by atoms with E-state index in [-0.39, 0.29) is 10.6 Å². The lowest BCUT2D eigenvalue weighted by molar-refractivity contribution is 0.0342. The van der Waals surface area contributed by atoms with Crippen molar-refractivity contribution in [2.45, 2.75) is 17.2 Å². The highest BCUT2D eigenvalue weighted by Gasteiger charge is 2.19. The van der Waals surface area contributed by atoms with Gasteiger partial charge in [0.25, 0.3) is 5.56 Å². The van der Waals surface area contributed by atoms with E-state index in [0.717, 1.165) is 44.7 Å². The molecule has 2 aromatic carbocycles. The highest BCUT2D eigenvalue weighted by atomic mass is 32.2. The van der Waals surface area contributed by atoms with Crippen molar-refractivity contribution >= 4 is 9.84 Å². The van der Waals surface area contributed by atoms with E-state index in [2.05, 4.69) is 38.8 Å². The molecule has 4 rings (SSSR count). The molecule has 8 nitrogen and oxygen atoms in total. The molecule has 0 amide bonds. The third-order valence-electron chi connectivity index (χ3n) is 5.26. The molecule has 170 valence electrons. The highest BCUT2D eigenvalue weighted by molar-refractivity contribution is 7.90. The highest BCUT2D eigenvalue weighted by Crippen LogP contribution is 2.19. The van der Waals surface area contributed by atoms with Gasteiger partial charge in [0.2, 0.25) is 5.75 Å². The van der Waals surface area contributed by atoms with Gasteiger partial charge in [0, 0.05) is 30.8 Å². The lowest BCUT2D eigenvalue weighted by atomic mass is 10.1. The molecule has 1 aliphatic rings. The molecule has 1 aliphatic heterocycles. The Morgan fingerprint density at radius 1 is 1.00 bits per heavy atom. The molecule has 0 aliphatic carbocycles. The predicted octanol–water partition coefficient (Wildman–Crippen LogP) is 1.68. The first-order valence-electron chi connectivity index (χ1n) is 10.4. The molecule has 1 saturated heterocycles. The maximum Gasteiger partial charge on any atom is 0.293 e. The molecule has 9 heteroatoms. The Morgan fingerprint density at radius 2 is 1.61 bits per heavy atom. The minimum atomic E-state index is -3.79. The SMILES string of the molecule is O=c1[nH]cnc(CS(=O)(=O)c2ccc(C#Cc3ccc(CN4CCOCC4)cc3)cc2)c1O. The minimum Gasteiger partial charge on any atom is -0.502 e. The second-order valence-electron chi connectivity index (χ2n) is 7.65. The lowest BCUT2D eigenvalue weighted by Gasteiger charge is -2.26. The molecule has 0 saturated carbocycles. The van der Waals surface area contributed by atoms with Gasteiger partial charge in [-0.1, -0.05) is 24.0 Å². The molecule has 0 unspecified atom stereocenters. The largest absolute Gasteiger partial charge is 0.502 e. The number of aromatic amines is 1. The van der Waals surface area contributed by atoms with Crippen molar-refractivity contribution in [2.75, 3.05) is 26.3 Å². The van der Waals surface area contributed by atoms with Gasteiger partial charge in [-0.05, 0) is 42.0 Å². The van der Waals surface area contributed by atoms with Crippen molar-refractivity contribution in [3.63, 3.8) is 0 Å². The number of rotatable bonds is 5. The summed E-state index contributed by atoms with van der Waals surface area (Å²) in [5.41, 5.74) is 1.78. The number of hydrogen-bond donors (Lipinski definition) is 2. The Bertz CT molecular complexity index is 1330. The van der Waals surface area contributed by atoms with Crippen LogP contribution in [0.1, 0.15) is 22.4 Å². The van der Waals surface area contributed by atoms with Gasteiger partial charge >= 0.3 is 0 Å². The van der Waals surface area contributed by atoms with Gasteiger partial charge < -0.3 is 14.8 Å². The van der Waals surface area contributed by atoms with E-state index in [1.807, 2.05) is 12.1 Å². The summed E-state index contributed by atoms with van der Waals surface area (Å²) < 4.78 is 30.6. The molecule has 3 aromatic rings. The molecule has 0 atom stereocenters. The number of benzene rings is 2. The molecule has 2 N–H and O–H groups in total. The van der Waals surface area contributed by atoms with E-state index in [1.54, 1.807) is 12.1 Å². The maximum atomic E-state index is 12.6. The Kier molecular flexibility index (Phi) is 6.89. The van der Waals surface area contributed by atoms with Crippen molar-refractivity contribution in [3.8, 4) is 17.6 Å². The van der Waals surface area contributed by atoms with Crippen LogP contribution < -0.4 is 5.56 Å². The number of nitrogens with one attached hydrogen (secondary N) is 1. The van der Waals surface area contributed by atoms with Crippen LogP contribution in [-0.4, -0.2) is 54.7 Å². The van der Waals surface area contributed by atoms with Crippen LogP contribution in [0.3, 0.4) is 0 Å². The zero-order chi connectivity index (χ0) is 23.3. The fourth-order valence-electron chi connectivity index (χ4n) is 3.40. The number of aromatic nitrogens is 2. The van der Waals surface area contributed by atoms with Crippen LogP contribution >= 0.6 is 0 Å². The predicted molar refractivity (Wildman–Crippen MR) is 122 cm³/mol. The summed E-state index contributed by atoms with van der Waals surface area (Å²) in [6, 6.07) is 14.2. The average molecular weight is 466 g/mol. The van der Waals surface area contributed by atoms with E-state index in [9.17, 15) is 18.3 Å². The molecule has 0 radical (unpaired) electrons. The smallest absolute Gasteiger partial charge is 0.293 e. The van der Waals surface area contributed by atoms with E-state index >= 15 is 0 Å². The monoisotopic (exact) mass is 465 g/mol. The maximum absolute atomic E-state index is 12.6. The number of hydrogen-bond acceptors (Lipinski definition) is 7. The van der Waals surface area contributed by atoms with Crippen molar-refractivity contribution in [1.82, 2.24) is 14.9 Å². The van der Waals surface area contributed by atoms with Crippen LogP contribution in [0, 0.1) is 11.8 Å². The minimum absolute atomic E-state index is 0.0574. The van der Waals surface area contributed by atoms with Crippen molar-refractivity contribution in [2.24, 2.45) is 0 Å². The molecule has 2 heterocycles. The number of morpholine rings is 1. The van der Waals surface area contributed by atoms with Crippen LogP contribution in [0.15, 0.2) is 64.5 Å². The topological polar surface area (TPSA) is 113 Å². The van der Waals surface area contributed by atoms with Crippen LogP contribution in [0.4, 0.5) is 0 Å². The van der Waals surface area contributed by atoms with Crippen molar-refractivity contribution in [3.05, 3.63) is 87.6 Å². The molecule has 1 fully saturated rings. The zero-order valence-corrected chi connectivity index (χ0v) is 18.6. The lowest BCUT2D eigenvalue weighted by Crippen LogP contribution is -2.35. The Hall–Kier alpha value is -3.45. The van der Waals surface area contributed by atoms with Gasteiger partial charge in [0.15, 0.2) is 9.84 Å².